The lowest BCUT2D eigenvalue weighted by molar-refractivity contribution is -0.147. The molecule has 21 heavy (non-hydrogen) atoms. The number of amides is 2. The van der Waals surface area contributed by atoms with E-state index in [2.05, 4.69) is 11.8 Å². The fourth-order valence-corrected chi connectivity index (χ4v) is 6.35. The van der Waals surface area contributed by atoms with Crippen molar-refractivity contribution in [3.63, 3.8) is 0 Å². The van der Waals surface area contributed by atoms with Crippen molar-refractivity contribution < 1.29 is 9.59 Å². The summed E-state index contributed by atoms with van der Waals surface area (Å²) in [5.41, 5.74) is 0. The van der Waals surface area contributed by atoms with Crippen LogP contribution >= 0.6 is 11.8 Å². The molecule has 0 bridgehead atoms. The molecule has 0 N–H and O–H groups in total. The van der Waals surface area contributed by atoms with Gasteiger partial charge >= 0.3 is 0 Å². The van der Waals surface area contributed by atoms with Crippen LogP contribution < -0.4 is 0 Å². The van der Waals surface area contributed by atoms with Gasteiger partial charge in [-0.15, -0.1) is 11.8 Å². The lowest BCUT2D eigenvalue weighted by Crippen LogP contribution is -2.55. The number of thioether (sulfide) groups is 1. The molecular formula is C16H24N2O2S. The van der Waals surface area contributed by atoms with Crippen LogP contribution in [0.5, 0.6) is 0 Å². The second-order valence-corrected chi connectivity index (χ2v) is 8.70. The third-order valence-corrected chi connectivity index (χ3v) is 7.51. The first-order valence-electron chi connectivity index (χ1n) is 8.37. The molecule has 0 aromatic carbocycles. The Bertz CT molecular complexity index is 483. The number of hydrogen-bond acceptors (Lipinski definition) is 3. The predicted molar refractivity (Wildman–Crippen MR) is 82.8 cm³/mol. The summed E-state index contributed by atoms with van der Waals surface area (Å²) in [7, 11) is 0. The molecule has 1 saturated carbocycles. The van der Waals surface area contributed by atoms with E-state index < -0.39 is 0 Å². The third kappa shape index (κ3) is 2.03. The molecule has 3 aliphatic heterocycles. The Labute approximate surface area is 130 Å². The Hall–Kier alpha value is -0.710. The highest BCUT2D eigenvalue weighted by Crippen LogP contribution is 2.48. The average Bonchev–Trinajstić information content (AvgIpc) is 3.14. The highest BCUT2D eigenvalue weighted by Gasteiger charge is 2.54. The SMILES string of the molecule is C[C@]12CCC(=O)N1[C@H](C(=O)N1CCC[C@@H]3CCC[C@H]31)CS2. The van der Waals surface area contributed by atoms with E-state index in [1.165, 1.54) is 25.7 Å². The molecule has 5 heteroatoms. The molecule has 0 radical (unpaired) electrons. The van der Waals surface area contributed by atoms with Crippen molar-refractivity contribution in [3.8, 4) is 0 Å². The maximum atomic E-state index is 13.1. The quantitative estimate of drug-likeness (QED) is 0.746. The molecule has 2 amide bonds. The van der Waals surface area contributed by atoms with E-state index >= 15 is 0 Å². The molecule has 0 spiro atoms. The topological polar surface area (TPSA) is 40.6 Å². The molecule has 4 atom stereocenters. The zero-order chi connectivity index (χ0) is 14.6. The van der Waals surface area contributed by atoms with Gasteiger partial charge in [-0.05, 0) is 44.9 Å². The Morgan fingerprint density at radius 2 is 2.10 bits per heavy atom. The zero-order valence-corrected chi connectivity index (χ0v) is 13.5. The molecule has 116 valence electrons. The summed E-state index contributed by atoms with van der Waals surface area (Å²) >= 11 is 1.80. The maximum Gasteiger partial charge on any atom is 0.246 e. The minimum Gasteiger partial charge on any atom is -0.338 e. The zero-order valence-electron chi connectivity index (χ0n) is 12.7. The van der Waals surface area contributed by atoms with Crippen molar-refractivity contribution in [2.45, 2.75) is 68.8 Å². The highest BCUT2D eigenvalue weighted by molar-refractivity contribution is 8.01. The second kappa shape index (κ2) is 4.90. The van der Waals surface area contributed by atoms with Gasteiger partial charge in [-0.2, -0.15) is 0 Å². The predicted octanol–water partition coefficient (Wildman–Crippen LogP) is 2.23. The van der Waals surface area contributed by atoms with Crippen LogP contribution in [0.1, 0.15) is 51.9 Å². The molecule has 4 fully saturated rings. The van der Waals surface area contributed by atoms with Crippen LogP contribution in [0.15, 0.2) is 0 Å². The molecule has 0 unspecified atom stereocenters. The first-order valence-corrected chi connectivity index (χ1v) is 9.35. The standard InChI is InChI=1S/C16H24N2O2S/c1-16-8-7-14(19)18(16)13(10-21-16)15(20)17-9-3-5-11-4-2-6-12(11)17/h11-13H,2-10H2,1H3/t11-,12+,13-,16-/m0/s1. The fraction of sp³-hybridized carbons (Fsp3) is 0.875. The minimum absolute atomic E-state index is 0.123. The van der Waals surface area contributed by atoms with Gasteiger partial charge in [-0.25, -0.2) is 0 Å². The van der Waals surface area contributed by atoms with Crippen molar-refractivity contribution >= 4 is 23.6 Å². The van der Waals surface area contributed by atoms with E-state index in [0.717, 1.165) is 31.1 Å². The molecule has 4 nitrogen and oxygen atoms in total. The number of nitrogens with zero attached hydrogens (tertiary/aromatic N) is 2. The van der Waals surface area contributed by atoms with Gasteiger partial charge in [0.25, 0.3) is 0 Å². The van der Waals surface area contributed by atoms with E-state index in [1.54, 1.807) is 11.8 Å². The van der Waals surface area contributed by atoms with Gasteiger partial charge in [0.2, 0.25) is 11.8 Å². The molecule has 4 aliphatic rings. The lowest BCUT2D eigenvalue weighted by atomic mass is 9.91. The number of carbonyl (C=O) groups excluding carboxylic acids is 2. The largest absolute Gasteiger partial charge is 0.338 e. The number of carbonyl (C=O) groups is 2. The van der Waals surface area contributed by atoms with Gasteiger partial charge in [0.05, 0.1) is 4.87 Å². The molecule has 0 aromatic rings. The summed E-state index contributed by atoms with van der Waals surface area (Å²) in [4.78, 5) is 29.3. The summed E-state index contributed by atoms with van der Waals surface area (Å²) in [5.74, 6) is 1.92. The fourth-order valence-electron chi connectivity index (χ4n) is 4.92. The van der Waals surface area contributed by atoms with Gasteiger partial charge in [0.15, 0.2) is 0 Å². The van der Waals surface area contributed by atoms with Crippen LogP contribution in [0.25, 0.3) is 0 Å². The third-order valence-electron chi connectivity index (χ3n) is 6.01. The number of hydrogen-bond donors (Lipinski definition) is 0. The van der Waals surface area contributed by atoms with Crippen molar-refractivity contribution in [3.05, 3.63) is 0 Å². The summed E-state index contributed by atoms with van der Waals surface area (Å²) in [6.45, 7) is 3.03. The van der Waals surface area contributed by atoms with Crippen molar-refractivity contribution in [1.29, 1.82) is 0 Å². The Morgan fingerprint density at radius 3 is 2.95 bits per heavy atom. The Balaban J connectivity index is 1.56. The minimum atomic E-state index is -0.200. The van der Waals surface area contributed by atoms with E-state index in [-0.39, 0.29) is 22.7 Å². The van der Waals surface area contributed by atoms with Crippen LogP contribution in [0.4, 0.5) is 0 Å². The maximum absolute atomic E-state index is 13.1. The first kappa shape index (κ1) is 13.9. The van der Waals surface area contributed by atoms with Crippen LogP contribution in [0.3, 0.4) is 0 Å². The number of piperidine rings is 1. The Kier molecular flexibility index (Phi) is 3.25. The molecule has 4 rings (SSSR count). The van der Waals surface area contributed by atoms with Crippen molar-refractivity contribution in [2.24, 2.45) is 5.92 Å². The van der Waals surface area contributed by atoms with Gasteiger partial charge in [0, 0.05) is 24.8 Å². The van der Waals surface area contributed by atoms with Gasteiger partial charge in [-0.1, -0.05) is 6.42 Å². The van der Waals surface area contributed by atoms with E-state index in [1.807, 2.05) is 4.90 Å². The van der Waals surface area contributed by atoms with Gasteiger partial charge < -0.3 is 9.80 Å². The normalized spacial score (nSPS) is 42.3. The van der Waals surface area contributed by atoms with Gasteiger partial charge in [0.1, 0.15) is 6.04 Å². The molecule has 1 aliphatic carbocycles. The van der Waals surface area contributed by atoms with Crippen molar-refractivity contribution in [1.82, 2.24) is 9.80 Å². The summed E-state index contributed by atoms with van der Waals surface area (Å²) in [5, 5.41) is 0. The van der Waals surface area contributed by atoms with E-state index in [4.69, 9.17) is 0 Å². The summed E-state index contributed by atoms with van der Waals surface area (Å²) in [6.07, 6.45) is 7.65. The van der Waals surface area contributed by atoms with Gasteiger partial charge in [-0.3, -0.25) is 9.59 Å². The van der Waals surface area contributed by atoms with Crippen molar-refractivity contribution in [2.75, 3.05) is 12.3 Å². The monoisotopic (exact) mass is 308 g/mol. The molecule has 3 heterocycles. The lowest BCUT2D eigenvalue weighted by Gasteiger charge is -2.41. The molecular weight excluding hydrogens is 284 g/mol. The summed E-state index contributed by atoms with van der Waals surface area (Å²) in [6, 6.07) is 0.259. The first-order chi connectivity index (χ1) is 10.1. The Morgan fingerprint density at radius 1 is 1.29 bits per heavy atom. The molecule has 0 aromatic heterocycles. The number of rotatable bonds is 1. The van der Waals surface area contributed by atoms with E-state index in [9.17, 15) is 9.59 Å². The van der Waals surface area contributed by atoms with Crippen LogP contribution in [0, 0.1) is 5.92 Å². The van der Waals surface area contributed by atoms with E-state index in [0.29, 0.717) is 12.5 Å². The number of fused-ring (bicyclic) bond motifs is 2. The summed E-state index contributed by atoms with van der Waals surface area (Å²) < 4.78 is 0. The second-order valence-electron chi connectivity index (χ2n) is 7.20. The highest BCUT2D eigenvalue weighted by atomic mass is 32.2. The smallest absolute Gasteiger partial charge is 0.246 e. The molecule has 3 saturated heterocycles. The number of likely N-dealkylation sites (tertiary alicyclic amines) is 1. The van der Waals surface area contributed by atoms with Crippen LogP contribution in [0.2, 0.25) is 0 Å². The van der Waals surface area contributed by atoms with Crippen LogP contribution in [-0.2, 0) is 9.59 Å². The van der Waals surface area contributed by atoms with Crippen LogP contribution in [-0.4, -0.2) is 50.9 Å². The average molecular weight is 308 g/mol.